The van der Waals surface area contributed by atoms with Gasteiger partial charge in [-0.1, -0.05) is 12.1 Å². The number of anilines is 2. The van der Waals surface area contributed by atoms with E-state index in [2.05, 4.69) is 10.3 Å². The summed E-state index contributed by atoms with van der Waals surface area (Å²) in [5.74, 6) is 0.618. The first kappa shape index (κ1) is 12.2. The molecule has 0 aliphatic carbocycles. The van der Waals surface area contributed by atoms with Gasteiger partial charge in [0, 0.05) is 30.2 Å². The monoisotopic (exact) mass is 243 g/mol. The largest absolute Gasteiger partial charge is 0.481 e. The number of rotatable bonds is 5. The van der Waals surface area contributed by atoms with Gasteiger partial charge in [-0.25, -0.2) is 4.98 Å². The number of pyridine rings is 1. The Morgan fingerprint density at radius 2 is 2.00 bits per heavy atom. The second-order valence-corrected chi connectivity index (χ2v) is 4.01. The smallest absolute Gasteiger partial charge is 0.214 e. The number of aromatic nitrogens is 1. The topological polar surface area (TPSA) is 60.2 Å². The quantitative estimate of drug-likeness (QED) is 0.791. The molecule has 0 amide bonds. The van der Waals surface area contributed by atoms with E-state index in [-0.39, 0.29) is 0 Å². The van der Waals surface area contributed by atoms with Crippen LogP contribution in [0.4, 0.5) is 11.4 Å². The molecule has 0 saturated heterocycles. The van der Waals surface area contributed by atoms with E-state index in [9.17, 15) is 0 Å². The second-order valence-electron chi connectivity index (χ2n) is 4.01. The molecule has 94 valence electrons. The molecule has 18 heavy (non-hydrogen) atoms. The van der Waals surface area contributed by atoms with Gasteiger partial charge in [-0.05, 0) is 30.2 Å². The van der Waals surface area contributed by atoms with E-state index < -0.39 is 0 Å². The molecule has 4 nitrogen and oxygen atoms in total. The maximum Gasteiger partial charge on any atom is 0.214 e. The minimum absolute atomic E-state index is 0.618. The molecule has 2 aromatic rings. The molecule has 1 heterocycles. The van der Waals surface area contributed by atoms with Gasteiger partial charge >= 0.3 is 0 Å². The summed E-state index contributed by atoms with van der Waals surface area (Å²) in [6.07, 6.45) is 2.68. The molecule has 4 heteroatoms. The molecule has 0 bridgehead atoms. The fourth-order valence-electron chi connectivity index (χ4n) is 1.67. The molecule has 1 aromatic carbocycles. The summed E-state index contributed by atoms with van der Waals surface area (Å²) in [6.45, 7) is 0.858. The van der Waals surface area contributed by atoms with Gasteiger partial charge in [-0.15, -0.1) is 0 Å². The SMILES string of the molecule is COc1cc(NCCc2ccc(N)cc2)ccn1. The molecule has 0 aliphatic rings. The lowest BCUT2D eigenvalue weighted by atomic mass is 10.1. The maximum absolute atomic E-state index is 5.64. The summed E-state index contributed by atoms with van der Waals surface area (Å²) >= 11 is 0. The molecule has 0 radical (unpaired) electrons. The summed E-state index contributed by atoms with van der Waals surface area (Å²) in [5.41, 5.74) is 8.71. The Balaban J connectivity index is 1.86. The number of nitrogens with two attached hydrogens (primary N) is 1. The second kappa shape index (κ2) is 5.91. The Bertz CT molecular complexity index is 497. The zero-order chi connectivity index (χ0) is 12.8. The van der Waals surface area contributed by atoms with Gasteiger partial charge in [0.15, 0.2) is 0 Å². The van der Waals surface area contributed by atoms with Gasteiger partial charge in [-0.3, -0.25) is 0 Å². The van der Waals surface area contributed by atoms with Crippen LogP contribution in [0.15, 0.2) is 42.6 Å². The highest BCUT2D eigenvalue weighted by Gasteiger charge is 1.97. The fraction of sp³-hybridized carbons (Fsp3) is 0.214. The van der Waals surface area contributed by atoms with Crippen molar-refractivity contribution in [2.75, 3.05) is 24.7 Å². The Kier molecular flexibility index (Phi) is 4.02. The van der Waals surface area contributed by atoms with Crippen molar-refractivity contribution in [1.29, 1.82) is 0 Å². The van der Waals surface area contributed by atoms with E-state index in [1.54, 1.807) is 13.3 Å². The van der Waals surface area contributed by atoms with E-state index in [1.165, 1.54) is 5.56 Å². The van der Waals surface area contributed by atoms with Crippen LogP contribution in [0.3, 0.4) is 0 Å². The summed E-state index contributed by atoms with van der Waals surface area (Å²) in [7, 11) is 1.61. The van der Waals surface area contributed by atoms with Crippen molar-refractivity contribution in [3.63, 3.8) is 0 Å². The van der Waals surface area contributed by atoms with E-state index in [0.29, 0.717) is 5.88 Å². The number of hydrogen-bond acceptors (Lipinski definition) is 4. The number of nitrogens with zero attached hydrogens (tertiary/aromatic N) is 1. The molecule has 0 atom stereocenters. The highest BCUT2D eigenvalue weighted by atomic mass is 16.5. The van der Waals surface area contributed by atoms with Crippen molar-refractivity contribution < 1.29 is 4.74 Å². The van der Waals surface area contributed by atoms with Crippen LogP contribution in [0.25, 0.3) is 0 Å². The summed E-state index contributed by atoms with van der Waals surface area (Å²) in [5, 5.41) is 3.33. The molecule has 0 aliphatic heterocycles. The third-order valence-electron chi connectivity index (χ3n) is 2.67. The van der Waals surface area contributed by atoms with E-state index in [0.717, 1.165) is 24.3 Å². The Labute approximate surface area is 107 Å². The van der Waals surface area contributed by atoms with Crippen LogP contribution < -0.4 is 15.8 Å². The lowest BCUT2D eigenvalue weighted by molar-refractivity contribution is 0.398. The van der Waals surface area contributed by atoms with Crippen molar-refractivity contribution in [3.05, 3.63) is 48.2 Å². The summed E-state index contributed by atoms with van der Waals surface area (Å²) < 4.78 is 5.07. The Hall–Kier alpha value is -2.23. The van der Waals surface area contributed by atoms with Crippen molar-refractivity contribution in [1.82, 2.24) is 4.98 Å². The standard InChI is InChI=1S/C14H17N3O/c1-18-14-10-13(7-9-17-14)16-8-6-11-2-4-12(15)5-3-11/h2-5,7,9-10H,6,8,15H2,1H3,(H,16,17). The predicted molar refractivity (Wildman–Crippen MR) is 73.8 cm³/mol. The van der Waals surface area contributed by atoms with Gasteiger partial charge in [0.1, 0.15) is 0 Å². The number of nitrogen functional groups attached to an aromatic ring is 1. The van der Waals surface area contributed by atoms with Crippen molar-refractivity contribution in [2.24, 2.45) is 0 Å². The molecular weight excluding hydrogens is 226 g/mol. The fourth-order valence-corrected chi connectivity index (χ4v) is 1.67. The number of ether oxygens (including phenoxy) is 1. The van der Waals surface area contributed by atoms with Crippen LogP contribution in [-0.4, -0.2) is 18.6 Å². The third kappa shape index (κ3) is 3.38. The van der Waals surface area contributed by atoms with Gasteiger partial charge in [0.05, 0.1) is 7.11 Å². The lowest BCUT2D eigenvalue weighted by Gasteiger charge is -2.07. The van der Waals surface area contributed by atoms with E-state index in [1.807, 2.05) is 36.4 Å². The molecule has 2 rings (SSSR count). The number of methoxy groups -OCH3 is 1. The molecule has 0 unspecified atom stereocenters. The minimum Gasteiger partial charge on any atom is -0.481 e. The Morgan fingerprint density at radius 3 is 2.72 bits per heavy atom. The van der Waals surface area contributed by atoms with Crippen LogP contribution in [0.1, 0.15) is 5.56 Å². The number of hydrogen-bond donors (Lipinski definition) is 2. The molecule has 3 N–H and O–H groups in total. The summed E-state index contributed by atoms with van der Waals surface area (Å²) in [6, 6.07) is 11.7. The van der Waals surface area contributed by atoms with E-state index in [4.69, 9.17) is 10.5 Å². The molecule has 0 saturated carbocycles. The van der Waals surface area contributed by atoms with Crippen LogP contribution in [0.2, 0.25) is 0 Å². The number of nitrogens with one attached hydrogen (secondary N) is 1. The average molecular weight is 243 g/mol. The normalized spacial score (nSPS) is 10.1. The van der Waals surface area contributed by atoms with Crippen molar-refractivity contribution in [2.45, 2.75) is 6.42 Å². The van der Waals surface area contributed by atoms with Crippen LogP contribution in [0, 0.1) is 0 Å². The lowest BCUT2D eigenvalue weighted by Crippen LogP contribution is -2.05. The first-order valence-corrected chi connectivity index (χ1v) is 5.86. The zero-order valence-corrected chi connectivity index (χ0v) is 10.4. The number of benzene rings is 1. The van der Waals surface area contributed by atoms with Crippen molar-refractivity contribution >= 4 is 11.4 Å². The molecule has 1 aromatic heterocycles. The van der Waals surface area contributed by atoms with Gasteiger partial charge in [-0.2, -0.15) is 0 Å². The molecular formula is C14H17N3O. The Morgan fingerprint density at radius 1 is 1.22 bits per heavy atom. The van der Waals surface area contributed by atoms with Gasteiger partial charge in [0.2, 0.25) is 5.88 Å². The van der Waals surface area contributed by atoms with Crippen LogP contribution in [-0.2, 0) is 6.42 Å². The average Bonchev–Trinajstić information content (AvgIpc) is 2.41. The van der Waals surface area contributed by atoms with E-state index >= 15 is 0 Å². The minimum atomic E-state index is 0.618. The maximum atomic E-state index is 5.64. The highest BCUT2D eigenvalue weighted by Crippen LogP contribution is 2.13. The zero-order valence-electron chi connectivity index (χ0n) is 10.4. The van der Waals surface area contributed by atoms with Crippen LogP contribution >= 0.6 is 0 Å². The highest BCUT2D eigenvalue weighted by molar-refractivity contribution is 5.45. The first-order valence-electron chi connectivity index (χ1n) is 5.86. The van der Waals surface area contributed by atoms with Gasteiger partial charge in [0.25, 0.3) is 0 Å². The summed E-state index contributed by atoms with van der Waals surface area (Å²) in [4.78, 5) is 4.06. The molecule has 0 fully saturated rings. The van der Waals surface area contributed by atoms with Crippen molar-refractivity contribution in [3.8, 4) is 5.88 Å². The first-order chi connectivity index (χ1) is 8.78. The molecule has 0 spiro atoms. The van der Waals surface area contributed by atoms with Crippen LogP contribution in [0.5, 0.6) is 5.88 Å². The third-order valence-corrected chi connectivity index (χ3v) is 2.67. The van der Waals surface area contributed by atoms with Gasteiger partial charge < -0.3 is 15.8 Å². The predicted octanol–water partition coefficient (Wildman–Crippen LogP) is 2.33.